The fourth-order valence-corrected chi connectivity index (χ4v) is 5.31. The molecule has 0 radical (unpaired) electrons. The number of nitrogens with zero attached hydrogens (tertiary/aromatic N) is 3. The van der Waals surface area contributed by atoms with Crippen LogP contribution in [0.25, 0.3) is 0 Å². The third-order valence-corrected chi connectivity index (χ3v) is 7.64. The van der Waals surface area contributed by atoms with Crippen molar-refractivity contribution in [2.45, 2.75) is 110 Å². The van der Waals surface area contributed by atoms with E-state index < -0.39 is 11.5 Å². The molecule has 3 N–H and O–H groups in total. The van der Waals surface area contributed by atoms with Crippen molar-refractivity contribution in [3.8, 4) is 0 Å². The van der Waals surface area contributed by atoms with Crippen molar-refractivity contribution in [1.82, 2.24) is 19.8 Å². The Morgan fingerprint density at radius 1 is 1.06 bits per heavy atom. The third-order valence-electron chi connectivity index (χ3n) is 7.64. The molecule has 4 rings (SSSR count). The monoisotopic (exact) mass is 493 g/mol. The smallest absolute Gasteiger partial charge is 0.243 e. The van der Waals surface area contributed by atoms with Gasteiger partial charge in [0.1, 0.15) is 6.04 Å². The van der Waals surface area contributed by atoms with Gasteiger partial charge in [0.25, 0.3) is 0 Å². The van der Waals surface area contributed by atoms with Gasteiger partial charge < -0.3 is 20.5 Å². The van der Waals surface area contributed by atoms with Crippen LogP contribution in [0.5, 0.6) is 0 Å². The van der Waals surface area contributed by atoms with Gasteiger partial charge in [0.15, 0.2) is 0 Å². The van der Waals surface area contributed by atoms with Gasteiger partial charge in [-0.25, -0.2) is 4.98 Å². The first-order valence-electron chi connectivity index (χ1n) is 13.3. The van der Waals surface area contributed by atoms with E-state index in [0.29, 0.717) is 19.5 Å². The molecule has 1 saturated carbocycles. The summed E-state index contributed by atoms with van der Waals surface area (Å²) in [4.78, 5) is 33.4. The number of nitrogens with one attached hydrogen (secondary N) is 1. The van der Waals surface area contributed by atoms with Crippen molar-refractivity contribution >= 4 is 11.8 Å². The van der Waals surface area contributed by atoms with Gasteiger partial charge in [-0.1, -0.05) is 78.6 Å². The molecule has 1 aromatic heterocycles. The van der Waals surface area contributed by atoms with Crippen molar-refractivity contribution in [3.05, 3.63) is 53.1 Å². The predicted octanol–water partition coefficient (Wildman–Crippen LogP) is 3.91. The second-order valence-corrected chi connectivity index (χ2v) is 12.7. The molecule has 2 heterocycles. The Balaban J connectivity index is 1.57. The van der Waals surface area contributed by atoms with Crippen LogP contribution in [-0.2, 0) is 34.5 Å². The van der Waals surface area contributed by atoms with E-state index in [-0.39, 0.29) is 29.3 Å². The lowest BCUT2D eigenvalue weighted by atomic mass is 9.87. The molecule has 196 valence electrons. The number of carbonyl (C=O) groups is 2. The van der Waals surface area contributed by atoms with E-state index in [1.807, 2.05) is 27.1 Å². The summed E-state index contributed by atoms with van der Waals surface area (Å²) in [5, 5.41) is 3.18. The zero-order valence-corrected chi connectivity index (χ0v) is 22.8. The van der Waals surface area contributed by atoms with E-state index in [4.69, 9.17) is 5.73 Å². The van der Waals surface area contributed by atoms with Crippen LogP contribution in [0.3, 0.4) is 0 Å². The average molecular weight is 494 g/mol. The quantitative estimate of drug-likeness (QED) is 0.675. The highest BCUT2D eigenvalue weighted by molar-refractivity contribution is 5.90. The molecule has 2 aromatic rings. The fourth-order valence-electron chi connectivity index (χ4n) is 5.31. The normalized spacial score (nSPS) is 22.8. The Hall–Kier alpha value is -2.67. The number of imidazole rings is 1. The summed E-state index contributed by atoms with van der Waals surface area (Å²) < 4.78 is 2.12. The summed E-state index contributed by atoms with van der Waals surface area (Å²) >= 11 is 0. The highest BCUT2D eigenvalue weighted by Gasteiger charge is 2.41. The maximum Gasteiger partial charge on any atom is 0.243 e. The maximum atomic E-state index is 13.5. The van der Waals surface area contributed by atoms with Crippen LogP contribution in [0.4, 0.5) is 0 Å². The van der Waals surface area contributed by atoms with E-state index in [0.717, 1.165) is 37.1 Å². The lowest BCUT2D eigenvalue weighted by Crippen LogP contribution is -2.59. The van der Waals surface area contributed by atoms with Gasteiger partial charge in [-0.15, -0.1) is 0 Å². The van der Waals surface area contributed by atoms with Crippen LogP contribution < -0.4 is 11.1 Å². The molecule has 3 atom stereocenters. The fraction of sp³-hybridized carbons (Fsp3) is 0.621. The van der Waals surface area contributed by atoms with Crippen LogP contribution in [-0.4, -0.2) is 44.4 Å². The minimum Gasteiger partial charge on any atom is -0.350 e. The largest absolute Gasteiger partial charge is 0.350 e. The third kappa shape index (κ3) is 5.66. The summed E-state index contributed by atoms with van der Waals surface area (Å²) in [5.41, 5.74) is 10.2. The predicted molar refractivity (Wildman–Crippen MR) is 142 cm³/mol. The summed E-state index contributed by atoms with van der Waals surface area (Å²) in [6.45, 7) is 13.4. The number of nitrogens with two attached hydrogens (primary N) is 1. The summed E-state index contributed by atoms with van der Waals surface area (Å²) in [6, 6.07) is 8.06. The van der Waals surface area contributed by atoms with Gasteiger partial charge >= 0.3 is 0 Å². The lowest BCUT2D eigenvalue weighted by molar-refractivity contribution is -0.148. The van der Waals surface area contributed by atoms with Gasteiger partial charge in [0.2, 0.25) is 11.8 Å². The lowest BCUT2D eigenvalue weighted by Gasteiger charge is -2.39. The molecule has 1 aromatic carbocycles. The minimum absolute atomic E-state index is 0.0245. The molecule has 1 aliphatic heterocycles. The van der Waals surface area contributed by atoms with Crippen molar-refractivity contribution in [2.24, 2.45) is 11.1 Å². The second kappa shape index (κ2) is 10.0. The Bertz CT molecular complexity index is 1090. The zero-order chi connectivity index (χ0) is 26.3. The van der Waals surface area contributed by atoms with E-state index in [1.165, 1.54) is 11.1 Å². The number of fused-ring (bicyclic) bond motifs is 1. The number of rotatable bonds is 4. The number of carbonyl (C=O) groups excluding carboxylic acids is 2. The Morgan fingerprint density at radius 3 is 2.33 bits per heavy atom. The molecule has 1 aliphatic carbocycles. The van der Waals surface area contributed by atoms with Crippen LogP contribution in [0.1, 0.15) is 89.7 Å². The molecule has 1 fully saturated rings. The number of amides is 2. The van der Waals surface area contributed by atoms with Gasteiger partial charge in [0, 0.05) is 30.5 Å². The van der Waals surface area contributed by atoms with Crippen molar-refractivity contribution in [2.75, 3.05) is 0 Å². The van der Waals surface area contributed by atoms with E-state index in [2.05, 4.69) is 59.9 Å². The molecule has 2 aliphatic rings. The van der Waals surface area contributed by atoms with Gasteiger partial charge in [-0.05, 0) is 29.4 Å². The molecule has 3 unspecified atom stereocenters. The first-order valence-corrected chi connectivity index (χ1v) is 13.3. The molecule has 7 heteroatoms. The molecular weight excluding hydrogens is 450 g/mol. The second-order valence-electron chi connectivity index (χ2n) is 12.7. The Kier molecular flexibility index (Phi) is 7.33. The van der Waals surface area contributed by atoms with Crippen molar-refractivity contribution in [1.29, 1.82) is 0 Å². The summed E-state index contributed by atoms with van der Waals surface area (Å²) in [7, 11) is 0. The first kappa shape index (κ1) is 26.4. The SMILES string of the molecule is CC(C)(C)C(=O)N1Cc2c(ncn2Cc2ccc(C(C)(C)C)cc2)CC1C(=O)NC1CCCCC1N. The van der Waals surface area contributed by atoms with Crippen LogP contribution in [0, 0.1) is 5.41 Å². The number of hydrogen-bond donors (Lipinski definition) is 2. The van der Waals surface area contributed by atoms with Crippen molar-refractivity contribution in [3.63, 3.8) is 0 Å². The van der Waals surface area contributed by atoms with E-state index >= 15 is 0 Å². The highest BCUT2D eigenvalue weighted by Crippen LogP contribution is 2.29. The van der Waals surface area contributed by atoms with Crippen LogP contribution in [0.15, 0.2) is 30.6 Å². The number of hydrogen-bond acceptors (Lipinski definition) is 4. The van der Waals surface area contributed by atoms with Crippen LogP contribution >= 0.6 is 0 Å². The van der Waals surface area contributed by atoms with Gasteiger partial charge in [-0.2, -0.15) is 0 Å². The zero-order valence-electron chi connectivity index (χ0n) is 22.8. The molecule has 7 nitrogen and oxygen atoms in total. The Labute approximate surface area is 215 Å². The van der Waals surface area contributed by atoms with E-state index in [1.54, 1.807) is 4.90 Å². The number of benzene rings is 1. The molecule has 0 spiro atoms. The molecular formula is C29H43N5O2. The molecule has 0 bridgehead atoms. The topological polar surface area (TPSA) is 93.2 Å². The summed E-state index contributed by atoms with van der Waals surface area (Å²) in [5.74, 6) is -0.142. The van der Waals surface area contributed by atoms with Crippen LogP contribution in [0.2, 0.25) is 0 Å². The first-order chi connectivity index (χ1) is 16.8. The molecule has 0 saturated heterocycles. The molecule has 36 heavy (non-hydrogen) atoms. The van der Waals surface area contributed by atoms with Crippen molar-refractivity contribution < 1.29 is 9.59 Å². The summed E-state index contributed by atoms with van der Waals surface area (Å²) in [6.07, 6.45) is 6.25. The van der Waals surface area contributed by atoms with Gasteiger partial charge in [0.05, 0.1) is 24.3 Å². The average Bonchev–Trinajstić information content (AvgIpc) is 3.20. The highest BCUT2D eigenvalue weighted by atomic mass is 16.2. The van der Waals surface area contributed by atoms with Gasteiger partial charge in [-0.3, -0.25) is 9.59 Å². The van der Waals surface area contributed by atoms with E-state index in [9.17, 15) is 9.59 Å². The minimum atomic E-state index is -0.592. The maximum absolute atomic E-state index is 13.5. The Morgan fingerprint density at radius 2 is 1.72 bits per heavy atom. The standard InChI is InChI=1S/C29H43N5O2/c1-28(2,3)20-13-11-19(12-14-20)16-33-18-31-23-15-24(26(35)32-22-10-8-7-9-21(22)30)34(17-25(23)33)27(36)29(4,5)6/h11-14,18,21-22,24H,7-10,15-17,30H2,1-6H3,(H,32,35). The number of aromatic nitrogens is 2. The molecule has 2 amide bonds.